The Bertz CT molecular complexity index is 1020. The van der Waals surface area contributed by atoms with Gasteiger partial charge < -0.3 is 9.47 Å². The highest BCUT2D eigenvalue weighted by Crippen LogP contribution is 2.25. The van der Waals surface area contributed by atoms with Crippen molar-refractivity contribution in [2.75, 3.05) is 6.61 Å². The fraction of sp³-hybridized carbons (Fsp3) is 0.167. The van der Waals surface area contributed by atoms with Crippen LogP contribution < -0.4 is 9.47 Å². The Morgan fingerprint density at radius 2 is 1.93 bits per heavy atom. The molecule has 0 aliphatic rings. The highest BCUT2D eigenvalue weighted by atomic mass is 32.1. The topological polar surface area (TPSA) is 61.5 Å². The highest BCUT2D eigenvalue weighted by molar-refractivity contribution is 7.09. The average molecular weight is 388 g/mol. The second-order valence-corrected chi connectivity index (χ2v) is 6.58. The number of halogens is 2. The van der Waals surface area contributed by atoms with Crippen molar-refractivity contribution in [3.63, 3.8) is 0 Å². The van der Waals surface area contributed by atoms with Crippen LogP contribution in [0.15, 0.2) is 54.2 Å². The lowest BCUT2D eigenvalue weighted by molar-refractivity contribution is -0.0498. The molecule has 0 unspecified atom stereocenters. The van der Waals surface area contributed by atoms with Gasteiger partial charge in [0.05, 0.1) is 19.0 Å². The van der Waals surface area contributed by atoms with Crippen LogP contribution in [0.1, 0.15) is 4.88 Å². The molecule has 4 rings (SSSR count). The minimum atomic E-state index is -2.86. The molecule has 1 aromatic carbocycles. The number of alkyl halides is 2. The summed E-state index contributed by atoms with van der Waals surface area (Å²) in [5.74, 6) is 1.12. The normalized spacial score (nSPS) is 11.2. The summed E-state index contributed by atoms with van der Waals surface area (Å²) in [5, 5.41) is 10.3. The van der Waals surface area contributed by atoms with Gasteiger partial charge in [-0.2, -0.15) is 8.78 Å². The zero-order valence-electron chi connectivity index (χ0n) is 14.0. The number of ether oxygens (including phenoxy) is 2. The van der Waals surface area contributed by atoms with Crippen LogP contribution in [-0.2, 0) is 6.42 Å². The van der Waals surface area contributed by atoms with Gasteiger partial charge in [0.1, 0.15) is 5.75 Å². The van der Waals surface area contributed by atoms with Gasteiger partial charge in [0.2, 0.25) is 5.88 Å². The van der Waals surface area contributed by atoms with Gasteiger partial charge in [-0.1, -0.05) is 6.07 Å². The van der Waals surface area contributed by atoms with Crippen molar-refractivity contribution in [3.8, 4) is 23.0 Å². The standard InChI is InChI=1S/C18H14F2N4O2S/c19-18(20)26-13-5-3-12(4-6-13)17-23-22-15-10-21-11-16(24(15)17)25-8-7-14-2-1-9-27-14/h1-6,9-11,18H,7-8H2. The number of fused-ring (bicyclic) bond motifs is 1. The third-order valence-corrected chi connectivity index (χ3v) is 4.74. The van der Waals surface area contributed by atoms with Gasteiger partial charge in [-0.25, -0.2) is 4.40 Å². The highest BCUT2D eigenvalue weighted by Gasteiger charge is 2.14. The van der Waals surface area contributed by atoms with E-state index in [0.29, 0.717) is 29.5 Å². The second-order valence-electron chi connectivity index (χ2n) is 5.54. The molecule has 4 aromatic rings. The molecule has 27 heavy (non-hydrogen) atoms. The molecule has 0 saturated heterocycles. The van der Waals surface area contributed by atoms with E-state index >= 15 is 0 Å². The van der Waals surface area contributed by atoms with Crippen LogP contribution in [-0.4, -0.2) is 32.8 Å². The average Bonchev–Trinajstić information content (AvgIpc) is 3.32. The first kappa shape index (κ1) is 17.3. The molecule has 3 aromatic heterocycles. The van der Waals surface area contributed by atoms with Crippen molar-refractivity contribution in [2.24, 2.45) is 0 Å². The molecule has 0 aliphatic heterocycles. The molecule has 0 atom stereocenters. The van der Waals surface area contributed by atoms with E-state index in [9.17, 15) is 8.78 Å². The molecule has 0 saturated carbocycles. The van der Waals surface area contributed by atoms with Gasteiger partial charge in [0, 0.05) is 16.9 Å². The smallest absolute Gasteiger partial charge is 0.387 e. The molecule has 0 spiro atoms. The number of nitrogens with zero attached hydrogens (tertiary/aromatic N) is 4. The quantitative estimate of drug-likeness (QED) is 0.478. The molecule has 6 nitrogen and oxygen atoms in total. The number of benzene rings is 1. The van der Waals surface area contributed by atoms with Gasteiger partial charge >= 0.3 is 6.61 Å². The summed E-state index contributed by atoms with van der Waals surface area (Å²) in [6.45, 7) is -2.38. The SMILES string of the molecule is FC(F)Oc1ccc(-c2nnc3cncc(OCCc4cccs4)n23)cc1. The maximum absolute atomic E-state index is 12.3. The monoisotopic (exact) mass is 388 g/mol. The minimum Gasteiger partial charge on any atom is -0.477 e. The van der Waals surface area contributed by atoms with E-state index in [0.717, 1.165) is 6.42 Å². The molecule has 0 fully saturated rings. The summed E-state index contributed by atoms with van der Waals surface area (Å²) < 4.78 is 36.6. The lowest BCUT2D eigenvalue weighted by atomic mass is 10.2. The third kappa shape index (κ3) is 3.87. The molecule has 0 amide bonds. The van der Waals surface area contributed by atoms with Crippen LogP contribution in [0, 0.1) is 0 Å². The number of aromatic nitrogens is 4. The number of rotatable bonds is 7. The molecule has 9 heteroatoms. The Labute approximate surface area is 157 Å². The lowest BCUT2D eigenvalue weighted by Crippen LogP contribution is -2.05. The fourth-order valence-corrected chi connectivity index (χ4v) is 3.30. The van der Waals surface area contributed by atoms with Gasteiger partial charge in [0.15, 0.2) is 11.5 Å². The van der Waals surface area contributed by atoms with E-state index in [-0.39, 0.29) is 5.75 Å². The Hall–Kier alpha value is -3.07. The van der Waals surface area contributed by atoms with Gasteiger partial charge in [-0.15, -0.1) is 21.5 Å². The van der Waals surface area contributed by atoms with E-state index in [1.807, 2.05) is 11.4 Å². The lowest BCUT2D eigenvalue weighted by Gasteiger charge is -2.09. The molecule has 3 heterocycles. The van der Waals surface area contributed by atoms with Crippen LogP contribution in [0.25, 0.3) is 17.0 Å². The van der Waals surface area contributed by atoms with Crippen molar-refractivity contribution in [1.82, 2.24) is 19.6 Å². The molecule has 0 aliphatic carbocycles. The maximum Gasteiger partial charge on any atom is 0.387 e. The number of thiophene rings is 1. The summed E-state index contributed by atoms with van der Waals surface area (Å²) in [4.78, 5) is 5.36. The van der Waals surface area contributed by atoms with Crippen LogP contribution in [0.2, 0.25) is 0 Å². The summed E-state index contributed by atoms with van der Waals surface area (Å²) in [6, 6.07) is 10.3. The van der Waals surface area contributed by atoms with Gasteiger partial charge in [-0.3, -0.25) is 4.98 Å². The van der Waals surface area contributed by atoms with Crippen molar-refractivity contribution in [1.29, 1.82) is 0 Å². The molecule has 0 N–H and O–H groups in total. The second kappa shape index (κ2) is 7.67. The summed E-state index contributed by atoms with van der Waals surface area (Å²) in [7, 11) is 0. The Balaban J connectivity index is 1.59. The van der Waals surface area contributed by atoms with E-state index in [1.54, 1.807) is 40.3 Å². The van der Waals surface area contributed by atoms with Crippen molar-refractivity contribution in [2.45, 2.75) is 13.0 Å². The zero-order chi connectivity index (χ0) is 18.6. The molecular formula is C18H14F2N4O2S. The zero-order valence-corrected chi connectivity index (χ0v) is 14.8. The van der Waals surface area contributed by atoms with E-state index in [1.165, 1.54) is 17.0 Å². The minimum absolute atomic E-state index is 0.0802. The maximum atomic E-state index is 12.3. The van der Waals surface area contributed by atoms with Crippen molar-refractivity contribution in [3.05, 3.63) is 59.0 Å². The van der Waals surface area contributed by atoms with Crippen molar-refractivity contribution < 1.29 is 18.3 Å². The predicted octanol–water partition coefficient (Wildman–Crippen LogP) is 4.08. The fourth-order valence-electron chi connectivity index (χ4n) is 2.61. The first-order valence-electron chi connectivity index (χ1n) is 8.10. The van der Waals surface area contributed by atoms with Crippen LogP contribution in [0.5, 0.6) is 11.6 Å². The molecule has 138 valence electrons. The van der Waals surface area contributed by atoms with Crippen LogP contribution >= 0.6 is 11.3 Å². The van der Waals surface area contributed by atoms with Crippen molar-refractivity contribution >= 4 is 17.0 Å². The largest absolute Gasteiger partial charge is 0.477 e. The van der Waals surface area contributed by atoms with E-state index in [2.05, 4.69) is 26.0 Å². The van der Waals surface area contributed by atoms with Gasteiger partial charge in [-0.05, 0) is 35.7 Å². The van der Waals surface area contributed by atoms with E-state index in [4.69, 9.17) is 4.74 Å². The first-order valence-corrected chi connectivity index (χ1v) is 8.98. The Kier molecular flexibility index (Phi) is 4.93. The molecule has 0 bridgehead atoms. The molecular weight excluding hydrogens is 374 g/mol. The Morgan fingerprint density at radius 1 is 1.07 bits per heavy atom. The Morgan fingerprint density at radius 3 is 2.67 bits per heavy atom. The number of hydrogen-bond acceptors (Lipinski definition) is 6. The third-order valence-electron chi connectivity index (χ3n) is 3.80. The van der Waals surface area contributed by atoms with Crippen LogP contribution in [0.4, 0.5) is 8.78 Å². The van der Waals surface area contributed by atoms with Gasteiger partial charge in [0.25, 0.3) is 0 Å². The van der Waals surface area contributed by atoms with Crippen LogP contribution in [0.3, 0.4) is 0 Å². The van der Waals surface area contributed by atoms with E-state index < -0.39 is 6.61 Å². The summed E-state index contributed by atoms with van der Waals surface area (Å²) in [6.07, 6.45) is 3.96. The first-order chi connectivity index (χ1) is 13.2. The summed E-state index contributed by atoms with van der Waals surface area (Å²) >= 11 is 1.68. The number of hydrogen-bond donors (Lipinski definition) is 0. The predicted molar refractivity (Wildman–Crippen MR) is 96.4 cm³/mol. The molecule has 0 radical (unpaired) electrons. The summed E-state index contributed by atoms with van der Waals surface area (Å²) in [5.41, 5.74) is 1.23.